The van der Waals surface area contributed by atoms with E-state index in [4.69, 9.17) is 0 Å². The van der Waals surface area contributed by atoms with Crippen LogP contribution in [0.4, 0.5) is 5.69 Å². The molecule has 4 aliphatic carbocycles. The first kappa shape index (κ1) is 20.3. The molecule has 2 aromatic rings. The third-order valence-electron chi connectivity index (χ3n) is 8.17. The van der Waals surface area contributed by atoms with Crippen molar-refractivity contribution in [3.63, 3.8) is 0 Å². The lowest BCUT2D eigenvalue weighted by Crippen LogP contribution is -2.59. The molecule has 7 rings (SSSR count). The molecule has 0 aromatic heterocycles. The summed E-state index contributed by atoms with van der Waals surface area (Å²) in [4.78, 5) is 13.5. The summed E-state index contributed by atoms with van der Waals surface area (Å²) in [5.74, 6) is 2.09. The molecule has 0 radical (unpaired) electrons. The molecule has 4 saturated carbocycles. The van der Waals surface area contributed by atoms with Gasteiger partial charge in [-0.3, -0.25) is 9.10 Å². The topological polar surface area (TPSA) is 66.5 Å². The summed E-state index contributed by atoms with van der Waals surface area (Å²) in [5, 5.41) is 3.37. The first-order valence-electron chi connectivity index (χ1n) is 12.0. The fraction of sp³-hybridized carbons (Fsp3) is 0.500. The van der Waals surface area contributed by atoms with E-state index in [1.54, 1.807) is 24.3 Å². The van der Waals surface area contributed by atoms with Gasteiger partial charge in [0, 0.05) is 17.6 Å². The number of nitrogens with one attached hydrogen (secondary N) is 1. The number of nitrogens with zero attached hydrogens (tertiary/aromatic N) is 1. The van der Waals surface area contributed by atoms with Gasteiger partial charge < -0.3 is 5.32 Å². The van der Waals surface area contributed by atoms with Crippen molar-refractivity contribution in [2.24, 2.45) is 17.8 Å². The monoisotopic (exact) mass is 450 g/mol. The van der Waals surface area contributed by atoms with Crippen LogP contribution in [-0.2, 0) is 16.4 Å². The molecule has 4 fully saturated rings. The van der Waals surface area contributed by atoms with E-state index in [1.165, 1.54) is 23.6 Å². The first-order chi connectivity index (χ1) is 15.4. The van der Waals surface area contributed by atoms with E-state index < -0.39 is 10.0 Å². The van der Waals surface area contributed by atoms with Crippen molar-refractivity contribution in [1.82, 2.24) is 5.32 Å². The Morgan fingerprint density at radius 2 is 1.62 bits per heavy atom. The van der Waals surface area contributed by atoms with Crippen LogP contribution in [0.2, 0.25) is 0 Å². The van der Waals surface area contributed by atoms with Crippen LogP contribution in [0, 0.1) is 17.8 Å². The van der Waals surface area contributed by atoms with E-state index in [-0.39, 0.29) is 16.3 Å². The van der Waals surface area contributed by atoms with Gasteiger partial charge in [0.05, 0.1) is 10.6 Å². The van der Waals surface area contributed by atoms with Crippen molar-refractivity contribution >= 4 is 21.6 Å². The van der Waals surface area contributed by atoms with E-state index in [9.17, 15) is 13.2 Å². The number of carbonyl (C=O) groups is 1. The minimum atomic E-state index is -3.73. The van der Waals surface area contributed by atoms with Gasteiger partial charge in [-0.1, -0.05) is 24.3 Å². The molecule has 1 aliphatic heterocycles. The lowest BCUT2D eigenvalue weighted by atomic mass is 9.53. The van der Waals surface area contributed by atoms with Crippen LogP contribution in [0.1, 0.15) is 60.9 Å². The van der Waals surface area contributed by atoms with E-state index >= 15 is 0 Å². The van der Waals surface area contributed by atoms with Gasteiger partial charge in [0.2, 0.25) is 0 Å². The van der Waals surface area contributed by atoms with E-state index in [2.05, 4.69) is 5.32 Å². The highest BCUT2D eigenvalue weighted by molar-refractivity contribution is 7.92. The van der Waals surface area contributed by atoms with Crippen LogP contribution < -0.4 is 9.62 Å². The summed E-state index contributed by atoms with van der Waals surface area (Å²) in [6.45, 7) is 0.461. The average Bonchev–Trinajstić information content (AvgIpc) is 2.77. The van der Waals surface area contributed by atoms with Gasteiger partial charge in [0.1, 0.15) is 0 Å². The summed E-state index contributed by atoms with van der Waals surface area (Å²) in [5.41, 5.74) is 2.15. The summed E-state index contributed by atoms with van der Waals surface area (Å²) in [6.07, 6.45) is 8.87. The van der Waals surface area contributed by atoms with Crippen molar-refractivity contribution in [3.05, 3.63) is 59.7 Å². The van der Waals surface area contributed by atoms with Gasteiger partial charge in [-0.25, -0.2) is 8.42 Å². The van der Waals surface area contributed by atoms with Crippen molar-refractivity contribution in [2.75, 3.05) is 10.8 Å². The number of aryl methyl sites for hydroxylation is 1. The smallest absolute Gasteiger partial charge is 0.264 e. The molecule has 5 nitrogen and oxygen atoms in total. The zero-order valence-corrected chi connectivity index (χ0v) is 19.1. The van der Waals surface area contributed by atoms with E-state index in [1.807, 2.05) is 24.3 Å². The lowest BCUT2D eigenvalue weighted by molar-refractivity contribution is -0.0167. The molecule has 0 atom stereocenters. The van der Waals surface area contributed by atoms with E-state index in [0.717, 1.165) is 61.1 Å². The summed E-state index contributed by atoms with van der Waals surface area (Å²) in [6, 6.07) is 14.3. The van der Waals surface area contributed by atoms with Crippen LogP contribution in [0.25, 0.3) is 0 Å². The molecule has 1 amide bonds. The highest BCUT2D eigenvalue weighted by Crippen LogP contribution is 2.55. The predicted molar refractivity (Wildman–Crippen MR) is 124 cm³/mol. The van der Waals surface area contributed by atoms with Gasteiger partial charge in [-0.2, -0.15) is 0 Å². The van der Waals surface area contributed by atoms with Gasteiger partial charge in [-0.15, -0.1) is 0 Å². The molecule has 0 spiro atoms. The molecular formula is C26H30N2O3S. The molecule has 0 saturated heterocycles. The quantitative estimate of drug-likeness (QED) is 0.744. The number of para-hydroxylation sites is 1. The third kappa shape index (κ3) is 3.35. The summed E-state index contributed by atoms with van der Waals surface area (Å²) < 4.78 is 28.6. The Morgan fingerprint density at radius 3 is 2.34 bits per heavy atom. The molecule has 32 heavy (non-hydrogen) atoms. The second-order valence-electron chi connectivity index (χ2n) is 10.5. The predicted octanol–water partition coefficient (Wildman–Crippen LogP) is 4.53. The Labute approximate surface area is 190 Å². The Morgan fingerprint density at radius 1 is 0.938 bits per heavy atom. The Bertz CT molecular complexity index is 1140. The number of amides is 1. The zero-order valence-electron chi connectivity index (χ0n) is 18.3. The molecule has 5 aliphatic rings. The fourth-order valence-electron chi connectivity index (χ4n) is 7.25. The minimum Gasteiger partial charge on any atom is -0.347 e. The molecule has 2 aromatic carbocycles. The normalized spacial score (nSPS) is 30.8. The van der Waals surface area contributed by atoms with Crippen molar-refractivity contribution in [3.8, 4) is 0 Å². The molecule has 168 valence electrons. The second kappa shape index (κ2) is 7.34. The first-order valence-corrected chi connectivity index (χ1v) is 13.4. The highest BCUT2D eigenvalue weighted by Gasteiger charge is 2.51. The standard InChI is InChI=1S/C26H30N2O3S/c29-25(27-26-15-18-11-19(16-26)13-20(12-18)17-26)22-6-3-8-23(14-22)32(30,31)28-10-4-7-21-5-1-2-9-24(21)28/h1-3,5-6,8-9,14,18-20H,4,7,10-13,15-17H2,(H,27,29). The Balaban J connectivity index is 1.27. The van der Waals surface area contributed by atoms with Crippen LogP contribution in [0.5, 0.6) is 0 Å². The number of benzene rings is 2. The Hall–Kier alpha value is -2.34. The second-order valence-corrected chi connectivity index (χ2v) is 12.4. The minimum absolute atomic E-state index is 0.0908. The Kier molecular flexibility index (Phi) is 4.65. The maximum atomic E-state index is 13.5. The van der Waals surface area contributed by atoms with Gasteiger partial charge in [0.25, 0.3) is 15.9 Å². The number of hydrogen-bond donors (Lipinski definition) is 1. The maximum absolute atomic E-state index is 13.5. The maximum Gasteiger partial charge on any atom is 0.264 e. The number of anilines is 1. The van der Waals surface area contributed by atoms with Gasteiger partial charge >= 0.3 is 0 Å². The van der Waals surface area contributed by atoms with Crippen molar-refractivity contribution in [1.29, 1.82) is 0 Å². The van der Waals surface area contributed by atoms with Crippen molar-refractivity contribution < 1.29 is 13.2 Å². The number of hydrogen-bond acceptors (Lipinski definition) is 3. The molecule has 1 N–H and O–H groups in total. The summed E-state index contributed by atoms with van der Waals surface area (Å²) in [7, 11) is -3.73. The number of rotatable bonds is 4. The zero-order chi connectivity index (χ0) is 21.9. The van der Waals surface area contributed by atoms with Crippen LogP contribution in [0.3, 0.4) is 0 Å². The molecular weight excluding hydrogens is 420 g/mol. The number of fused-ring (bicyclic) bond motifs is 1. The highest BCUT2D eigenvalue weighted by atomic mass is 32.2. The van der Waals surface area contributed by atoms with Crippen molar-refractivity contribution in [2.45, 2.75) is 61.8 Å². The van der Waals surface area contributed by atoms with Crippen LogP contribution >= 0.6 is 0 Å². The molecule has 6 heteroatoms. The van der Waals surface area contributed by atoms with Gasteiger partial charge in [0.15, 0.2) is 0 Å². The summed E-state index contributed by atoms with van der Waals surface area (Å²) >= 11 is 0. The average molecular weight is 451 g/mol. The van der Waals surface area contributed by atoms with E-state index in [0.29, 0.717) is 12.1 Å². The van der Waals surface area contributed by atoms with Crippen LogP contribution in [-0.4, -0.2) is 26.4 Å². The fourth-order valence-corrected chi connectivity index (χ4v) is 8.84. The number of sulfonamides is 1. The largest absolute Gasteiger partial charge is 0.347 e. The lowest BCUT2D eigenvalue weighted by Gasteiger charge is -2.56. The molecule has 4 bridgehead atoms. The third-order valence-corrected chi connectivity index (χ3v) is 9.98. The van der Waals surface area contributed by atoms with Crippen LogP contribution in [0.15, 0.2) is 53.4 Å². The van der Waals surface area contributed by atoms with Gasteiger partial charge in [-0.05, 0) is 98.9 Å². The molecule has 0 unspecified atom stereocenters. The molecule has 1 heterocycles. The SMILES string of the molecule is O=C(NC12CC3CC(CC(C3)C1)C2)c1cccc(S(=O)(=O)N2CCCc3ccccc32)c1. The number of carbonyl (C=O) groups excluding carboxylic acids is 1.